The number of rotatable bonds is 4. The van der Waals surface area contributed by atoms with Gasteiger partial charge in [-0.15, -0.1) is 0 Å². The molecular weight excluding hydrogens is 323 g/mol. The number of halogens is 3. The fourth-order valence-electron chi connectivity index (χ4n) is 2.82. The lowest BCUT2D eigenvalue weighted by molar-refractivity contribution is -0.142. The maximum absolute atomic E-state index is 12.8. The number of aromatic nitrogens is 4. The number of aryl methyl sites for hydroxylation is 2. The van der Waals surface area contributed by atoms with E-state index in [0.29, 0.717) is 5.56 Å². The highest BCUT2D eigenvalue weighted by molar-refractivity contribution is 5.75. The second-order valence-corrected chi connectivity index (χ2v) is 5.80. The Kier molecular flexibility index (Phi) is 4.25. The number of pyridine rings is 1. The summed E-state index contributed by atoms with van der Waals surface area (Å²) in [5.74, 6) is -0.682. The second kappa shape index (κ2) is 6.21. The smallest absolute Gasteiger partial charge is 0.369 e. The molecule has 0 spiro atoms. The van der Waals surface area contributed by atoms with Crippen LogP contribution >= 0.6 is 0 Å². The number of nitrogens with two attached hydrogens (primary N) is 1. The molecule has 2 N–H and O–H groups in total. The van der Waals surface area contributed by atoms with Crippen LogP contribution in [0.4, 0.5) is 13.2 Å². The second-order valence-electron chi connectivity index (χ2n) is 5.80. The molecule has 6 nitrogen and oxygen atoms in total. The van der Waals surface area contributed by atoms with Crippen LogP contribution < -0.4 is 5.73 Å². The Bertz CT molecular complexity index is 769. The fraction of sp³-hybridized carbons (Fsp3) is 0.467. The Morgan fingerprint density at radius 1 is 1.29 bits per heavy atom. The molecule has 0 aromatic carbocycles. The zero-order valence-electron chi connectivity index (χ0n) is 12.8. The molecule has 0 saturated carbocycles. The molecule has 0 atom stereocenters. The van der Waals surface area contributed by atoms with Crippen LogP contribution in [0.1, 0.15) is 29.9 Å². The molecule has 0 saturated heterocycles. The first kappa shape index (κ1) is 16.4. The number of primary amides is 1. The lowest BCUT2D eigenvalue weighted by atomic mass is 9.95. The summed E-state index contributed by atoms with van der Waals surface area (Å²) in [4.78, 5) is 19.4. The highest BCUT2D eigenvalue weighted by Crippen LogP contribution is 2.27. The molecule has 128 valence electrons. The monoisotopic (exact) mass is 339 g/mol. The Morgan fingerprint density at radius 2 is 2.04 bits per heavy atom. The minimum Gasteiger partial charge on any atom is -0.369 e. The van der Waals surface area contributed by atoms with Crippen molar-refractivity contribution in [2.75, 3.05) is 0 Å². The van der Waals surface area contributed by atoms with Crippen molar-refractivity contribution < 1.29 is 18.0 Å². The highest BCUT2D eigenvalue weighted by Gasteiger charge is 2.31. The van der Waals surface area contributed by atoms with Gasteiger partial charge in [0.2, 0.25) is 5.91 Å². The van der Waals surface area contributed by atoms with Crippen LogP contribution in [0.2, 0.25) is 0 Å². The lowest BCUT2D eigenvalue weighted by Gasteiger charge is -2.15. The number of nitrogens with zero attached hydrogens (tertiary/aromatic N) is 4. The van der Waals surface area contributed by atoms with Gasteiger partial charge in [0.1, 0.15) is 6.54 Å². The van der Waals surface area contributed by atoms with Crippen LogP contribution in [-0.2, 0) is 30.6 Å². The van der Waals surface area contributed by atoms with E-state index in [9.17, 15) is 18.0 Å². The predicted octanol–water partition coefficient (Wildman–Crippen LogP) is 1.81. The van der Waals surface area contributed by atoms with Gasteiger partial charge in [0.15, 0.2) is 11.6 Å². The van der Waals surface area contributed by atoms with E-state index in [1.165, 1.54) is 6.20 Å². The largest absolute Gasteiger partial charge is 0.408 e. The molecule has 1 aliphatic rings. The topological polar surface area (TPSA) is 86.7 Å². The van der Waals surface area contributed by atoms with Crippen LogP contribution in [-0.4, -0.2) is 31.8 Å². The van der Waals surface area contributed by atoms with Crippen molar-refractivity contribution in [1.82, 2.24) is 19.7 Å². The number of carbonyl (C=O) groups excluding carboxylic acids is 1. The van der Waals surface area contributed by atoms with Crippen molar-refractivity contribution in [3.8, 4) is 11.4 Å². The first-order valence-corrected chi connectivity index (χ1v) is 7.59. The van der Waals surface area contributed by atoms with E-state index in [4.69, 9.17) is 5.73 Å². The third-order valence-corrected chi connectivity index (χ3v) is 3.80. The predicted molar refractivity (Wildman–Crippen MR) is 78.8 cm³/mol. The van der Waals surface area contributed by atoms with Gasteiger partial charge in [0.05, 0.1) is 6.42 Å². The SMILES string of the molecule is NC(=O)Cc1nc(-c2cnc3c(c2)CCCC3)n(CC(F)(F)F)n1. The van der Waals surface area contributed by atoms with Crippen LogP contribution in [0.5, 0.6) is 0 Å². The fourth-order valence-corrected chi connectivity index (χ4v) is 2.82. The van der Waals surface area contributed by atoms with Crippen LogP contribution in [0.3, 0.4) is 0 Å². The van der Waals surface area contributed by atoms with Gasteiger partial charge in [-0.3, -0.25) is 9.78 Å². The summed E-state index contributed by atoms with van der Waals surface area (Å²) in [6.45, 7) is -1.29. The number of amides is 1. The van der Waals surface area contributed by atoms with Crippen LogP contribution in [0, 0.1) is 0 Å². The molecule has 1 aliphatic carbocycles. The van der Waals surface area contributed by atoms with Gasteiger partial charge in [0.25, 0.3) is 0 Å². The molecule has 0 unspecified atom stereocenters. The van der Waals surface area contributed by atoms with E-state index >= 15 is 0 Å². The Hall–Kier alpha value is -2.45. The van der Waals surface area contributed by atoms with E-state index in [1.807, 2.05) is 6.07 Å². The van der Waals surface area contributed by atoms with Gasteiger partial charge in [-0.05, 0) is 37.3 Å². The minimum absolute atomic E-state index is 0.0283. The van der Waals surface area contributed by atoms with Crippen molar-refractivity contribution in [2.45, 2.75) is 44.8 Å². The Labute approximate surface area is 135 Å². The number of hydrogen-bond acceptors (Lipinski definition) is 4. The van der Waals surface area contributed by atoms with E-state index < -0.39 is 18.6 Å². The van der Waals surface area contributed by atoms with Gasteiger partial charge in [-0.2, -0.15) is 18.3 Å². The van der Waals surface area contributed by atoms with Crippen molar-refractivity contribution in [3.05, 3.63) is 29.3 Å². The zero-order chi connectivity index (χ0) is 17.3. The van der Waals surface area contributed by atoms with E-state index in [1.54, 1.807) is 0 Å². The normalized spacial score (nSPS) is 14.5. The summed E-state index contributed by atoms with van der Waals surface area (Å²) in [5.41, 5.74) is 7.54. The molecule has 2 heterocycles. The van der Waals surface area contributed by atoms with Gasteiger partial charge < -0.3 is 5.73 Å². The molecule has 0 bridgehead atoms. The van der Waals surface area contributed by atoms with Gasteiger partial charge in [0, 0.05) is 17.5 Å². The van der Waals surface area contributed by atoms with Crippen LogP contribution in [0.25, 0.3) is 11.4 Å². The number of alkyl halides is 3. The molecule has 3 rings (SSSR count). The van der Waals surface area contributed by atoms with Crippen molar-refractivity contribution in [1.29, 1.82) is 0 Å². The molecule has 2 aromatic rings. The maximum Gasteiger partial charge on any atom is 0.408 e. The number of hydrogen-bond donors (Lipinski definition) is 1. The van der Waals surface area contributed by atoms with Gasteiger partial charge >= 0.3 is 6.18 Å². The average Bonchev–Trinajstić information content (AvgIpc) is 2.86. The first-order valence-electron chi connectivity index (χ1n) is 7.59. The molecule has 24 heavy (non-hydrogen) atoms. The molecule has 0 aliphatic heterocycles. The average molecular weight is 339 g/mol. The van der Waals surface area contributed by atoms with E-state index in [2.05, 4.69) is 15.1 Å². The minimum atomic E-state index is -4.45. The molecule has 1 amide bonds. The Morgan fingerprint density at radius 3 is 2.75 bits per heavy atom. The van der Waals surface area contributed by atoms with Crippen molar-refractivity contribution >= 4 is 5.91 Å². The van der Waals surface area contributed by atoms with Gasteiger partial charge in [-0.25, -0.2) is 9.67 Å². The Balaban J connectivity index is 2.01. The van der Waals surface area contributed by atoms with Gasteiger partial charge in [-0.1, -0.05) is 0 Å². The lowest BCUT2D eigenvalue weighted by Crippen LogP contribution is -2.20. The molecule has 0 radical (unpaired) electrons. The number of fused-ring (bicyclic) bond motifs is 1. The van der Waals surface area contributed by atoms with Crippen molar-refractivity contribution in [2.24, 2.45) is 5.73 Å². The highest BCUT2D eigenvalue weighted by atomic mass is 19.4. The third-order valence-electron chi connectivity index (χ3n) is 3.80. The molecule has 9 heteroatoms. The summed E-state index contributed by atoms with van der Waals surface area (Å²) in [6, 6.07) is 1.81. The zero-order valence-corrected chi connectivity index (χ0v) is 12.8. The summed E-state index contributed by atoms with van der Waals surface area (Å²) in [5, 5.41) is 3.78. The quantitative estimate of drug-likeness (QED) is 0.920. The first-order chi connectivity index (χ1) is 11.3. The van der Waals surface area contributed by atoms with Crippen LogP contribution in [0.15, 0.2) is 12.3 Å². The molecule has 0 fully saturated rings. The summed E-state index contributed by atoms with van der Waals surface area (Å²) in [6.07, 6.45) is 0.557. The summed E-state index contributed by atoms with van der Waals surface area (Å²) in [7, 11) is 0. The van der Waals surface area contributed by atoms with E-state index in [0.717, 1.165) is 41.6 Å². The number of carbonyl (C=O) groups is 1. The third kappa shape index (κ3) is 3.72. The summed E-state index contributed by atoms with van der Waals surface area (Å²) < 4.78 is 39.1. The standard InChI is InChI=1S/C15H16F3N5O/c16-15(17,18)8-23-14(21-13(22-23)6-12(19)24)10-5-9-3-1-2-4-11(9)20-7-10/h5,7H,1-4,6,8H2,(H2,19,24). The molecule has 2 aromatic heterocycles. The summed E-state index contributed by atoms with van der Waals surface area (Å²) >= 11 is 0. The van der Waals surface area contributed by atoms with E-state index in [-0.39, 0.29) is 18.1 Å². The molecular formula is C15H16F3N5O. The maximum atomic E-state index is 12.8. The van der Waals surface area contributed by atoms with Crippen molar-refractivity contribution in [3.63, 3.8) is 0 Å².